The molecule has 0 aliphatic carbocycles. The van der Waals surface area contributed by atoms with Crippen molar-refractivity contribution < 1.29 is 9.69 Å². The maximum absolute atomic E-state index is 12.5. The van der Waals surface area contributed by atoms with Crippen molar-refractivity contribution in [2.24, 2.45) is 0 Å². The van der Waals surface area contributed by atoms with Gasteiger partial charge in [-0.25, -0.2) is 0 Å². The third kappa shape index (κ3) is 3.50. The molecule has 0 aromatic carbocycles. The normalized spacial score (nSPS) is 24.6. The number of hydrogen-bond donors (Lipinski definition) is 0. The fraction of sp³-hybridized carbons (Fsp3) is 1.00. The first-order valence-electron chi connectivity index (χ1n) is 7.91. The first-order chi connectivity index (χ1) is 8.59. The summed E-state index contributed by atoms with van der Waals surface area (Å²) in [5, 5.41) is 13.8. The Morgan fingerprint density at radius 3 is 1.68 bits per heavy atom. The molecule has 0 bridgehead atoms. The van der Waals surface area contributed by atoms with Gasteiger partial charge < -0.3 is 4.48 Å². The predicted molar refractivity (Wildman–Crippen MR) is 80.2 cm³/mol. The molecule has 19 heavy (non-hydrogen) atoms. The number of piperidine rings is 1. The molecule has 0 saturated carbocycles. The van der Waals surface area contributed by atoms with Crippen molar-refractivity contribution in [1.29, 1.82) is 0 Å². The average molecular weight is 270 g/mol. The lowest BCUT2D eigenvalue weighted by Gasteiger charge is -2.54. The van der Waals surface area contributed by atoms with Crippen LogP contribution in [0.3, 0.4) is 0 Å². The second kappa shape index (κ2) is 5.71. The third-order valence-corrected chi connectivity index (χ3v) is 4.92. The van der Waals surface area contributed by atoms with Crippen molar-refractivity contribution in [3.8, 4) is 0 Å². The summed E-state index contributed by atoms with van der Waals surface area (Å²) in [5.74, 6) is 0. The zero-order valence-electron chi connectivity index (χ0n) is 14.1. The molecule has 0 unspecified atom stereocenters. The van der Waals surface area contributed by atoms with Crippen LogP contribution in [0.4, 0.5) is 0 Å². The zero-order valence-corrected chi connectivity index (χ0v) is 14.1. The molecule has 1 heterocycles. The molecule has 3 nitrogen and oxygen atoms in total. The molecule has 1 saturated heterocycles. The molecular formula is C16H34N2O+. The summed E-state index contributed by atoms with van der Waals surface area (Å²) < 4.78 is 1.13. The summed E-state index contributed by atoms with van der Waals surface area (Å²) in [4.78, 5) is 0. The molecule has 0 spiro atoms. The Bertz CT molecular complexity index is 275. The Morgan fingerprint density at radius 2 is 1.37 bits per heavy atom. The van der Waals surface area contributed by atoms with Crippen molar-refractivity contribution in [2.45, 2.75) is 84.3 Å². The van der Waals surface area contributed by atoms with Gasteiger partial charge in [0.2, 0.25) is 0 Å². The van der Waals surface area contributed by atoms with Gasteiger partial charge in [-0.15, -0.1) is 10.3 Å². The van der Waals surface area contributed by atoms with Crippen LogP contribution in [0.2, 0.25) is 0 Å². The highest BCUT2D eigenvalue weighted by Gasteiger charge is 2.51. The van der Waals surface area contributed by atoms with Gasteiger partial charge in [0.05, 0.1) is 26.2 Å². The van der Waals surface area contributed by atoms with E-state index in [0.717, 1.165) is 17.3 Å². The Labute approximate surface area is 120 Å². The fourth-order valence-corrected chi connectivity index (χ4v) is 4.15. The van der Waals surface area contributed by atoms with Crippen LogP contribution in [0.5, 0.6) is 0 Å². The van der Waals surface area contributed by atoms with E-state index >= 15 is 0 Å². The minimum Gasteiger partial charge on any atom is -0.324 e. The maximum Gasteiger partial charge on any atom is 0.0925 e. The van der Waals surface area contributed by atoms with Gasteiger partial charge in [0.25, 0.3) is 0 Å². The number of hydrogen-bond acceptors (Lipinski definition) is 1. The molecule has 1 aliphatic rings. The van der Waals surface area contributed by atoms with Gasteiger partial charge in [0.15, 0.2) is 0 Å². The van der Waals surface area contributed by atoms with Gasteiger partial charge in [-0.3, -0.25) is 0 Å². The molecule has 0 aromatic heterocycles. The van der Waals surface area contributed by atoms with E-state index in [0.29, 0.717) is 6.04 Å². The molecule has 0 N–H and O–H groups in total. The van der Waals surface area contributed by atoms with Gasteiger partial charge >= 0.3 is 0 Å². The van der Waals surface area contributed by atoms with Crippen LogP contribution >= 0.6 is 0 Å². The number of nitrogens with zero attached hydrogens (tertiary/aromatic N) is 2. The van der Waals surface area contributed by atoms with Crippen molar-refractivity contribution in [3.05, 3.63) is 0 Å². The quantitative estimate of drug-likeness (QED) is 0.700. The highest BCUT2D eigenvalue weighted by Crippen LogP contribution is 2.40. The van der Waals surface area contributed by atoms with E-state index in [4.69, 9.17) is 0 Å². The largest absolute Gasteiger partial charge is 0.324 e. The van der Waals surface area contributed by atoms with E-state index in [1.165, 1.54) is 31.0 Å². The fourth-order valence-electron chi connectivity index (χ4n) is 4.15. The second-order valence-electron chi connectivity index (χ2n) is 7.91. The third-order valence-electron chi connectivity index (χ3n) is 4.92. The van der Waals surface area contributed by atoms with Gasteiger partial charge in [-0.05, 0) is 40.5 Å². The predicted octanol–water partition coefficient (Wildman–Crippen LogP) is 3.62. The number of quaternary nitrogens is 1. The van der Waals surface area contributed by atoms with Crippen LogP contribution in [-0.2, 0) is 5.21 Å². The molecule has 1 radical (unpaired) electrons. The van der Waals surface area contributed by atoms with E-state index in [2.05, 4.69) is 48.6 Å². The highest BCUT2D eigenvalue weighted by molar-refractivity contribution is 4.96. The van der Waals surface area contributed by atoms with Crippen molar-refractivity contribution >= 4 is 0 Å². The standard InChI is InChI=1S/C16H34N2O/c1-8-10-18(7,11-9-2)14-12-15(3,4)17(19)16(5,6)13-14/h14H,8-13H2,1-7H3/q+1. The molecule has 1 fully saturated rings. The Morgan fingerprint density at radius 1 is 1.00 bits per heavy atom. The molecule has 1 rings (SSSR count). The second-order valence-corrected chi connectivity index (χ2v) is 7.91. The summed E-state index contributed by atoms with van der Waals surface area (Å²) in [6.45, 7) is 15.4. The van der Waals surface area contributed by atoms with Gasteiger partial charge in [0, 0.05) is 23.9 Å². The van der Waals surface area contributed by atoms with Gasteiger partial charge in [0.1, 0.15) is 0 Å². The van der Waals surface area contributed by atoms with Gasteiger partial charge in [-0.2, -0.15) is 0 Å². The van der Waals surface area contributed by atoms with E-state index < -0.39 is 0 Å². The lowest BCUT2D eigenvalue weighted by atomic mass is 9.77. The summed E-state index contributed by atoms with van der Waals surface area (Å²) in [5.41, 5.74) is -0.485. The van der Waals surface area contributed by atoms with Crippen molar-refractivity contribution in [1.82, 2.24) is 5.06 Å². The maximum atomic E-state index is 12.5. The summed E-state index contributed by atoms with van der Waals surface area (Å²) in [6, 6.07) is 0.607. The molecule has 0 amide bonds. The Kier molecular flexibility index (Phi) is 5.09. The summed E-state index contributed by atoms with van der Waals surface area (Å²) in [7, 11) is 2.39. The average Bonchev–Trinajstić information content (AvgIpc) is 2.25. The van der Waals surface area contributed by atoms with Crippen LogP contribution in [-0.4, -0.2) is 46.8 Å². The lowest BCUT2D eigenvalue weighted by molar-refractivity contribution is -0.936. The van der Waals surface area contributed by atoms with Crippen molar-refractivity contribution in [3.63, 3.8) is 0 Å². The number of rotatable bonds is 5. The lowest BCUT2D eigenvalue weighted by Crippen LogP contribution is -2.66. The first kappa shape index (κ1) is 16.9. The first-order valence-corrected chi connectivity index (χ1v) is 7.91. The van der Waals surface area contributed by atoms with E-state index in [1.807, 2.05) is 0 Å². The minimum atomic E-state index is -0.243. The highest BCUT2D eigenvalue weighted by atomic mass is 16.5. The monoisotopic (exact) mass is 270 g/mol. The summed E-state index contributed by atoms with van der Waals surface area (Å²) in [6.07, 6.45) is 4.46. The molecule has 3 heteroatoms. The van der Waals surface area contributed by atoms with Crippen LogP contribution in [0.1, 0.15) is 67.2 Å². The van der Waals surface area contributed by atoms with E-state index in [1.54, 1.807) is 0 Å². The Balaban J connectivity index is 2.99. The minimum absolute atomic E-state index is 0.243. The molecule has 1 aliphatic heterocycles. The van der Waals surface area contributed by atoms with Crippen LogP contribution in [0.15, 0.2) is 0 Å². The van der Waals surface area contributed by atoms with Crippen LogP contribution in [0, 0.1) is 0 Å². The van der Waals surface area contributed by atoms with Crippen LogP contribution < -0.4 is 0 Å². The number of hydroxylamine groups is 2. The summed E-state index contributed by atoms with van der Waals surface area (Å²) >= 11 is 0. The SMILES string of the molecule is CCC[N+](C)(CCC)C1CC(C)(C)N([O])C(C)(C)C1. The van der Waals surface area contributed by atoms with Crippen molar-refractivity contribution in [2.75, 3.05) is 20.1 Å². The molecule has 113 valence electrons. The zero-order chi connectivity index (χ0) is 14.9. The van der Waals surface area contributed by atoms with Gasteiger partial charge in [-0.1, -0.05) is 13.8 Å². The molecular weight excluding hydrogens is 236 g/mol. The van der Waals surface area contributed by atoms with Crippen LogP contribution in [0.25, 0.3) is 0 Å². The smallest absolute Gasteiger partial charge is 0.0925 e. The Hall–Kier alpha value is -0.120. The topological polar surface area (TPSA) is 23.1 Å². The van der Waals surface area contributed by atoms with E-state index in [-0.39, 0.29) is 11.1 Å². The molecule has 0 atom stereocenters. The molecule has 0 aromatic rings. The van der Waals surface area contributed by atoms with E-state index in [9.17, 15) is 5.21 Å².